The van der Waals surface area contributed by atoms with Crippen LogP contribution in [0.25, 0.3) is 11.0 Å². The normalized spacial score (nSPS) is 17.5. The number of halogens is 3. The van der Waals surface area contributed by atoms with Crippen LogP contribution >= 0.6 is 0 Å². The zero-order valence-corrected chi connectivity index (χ0v) is 15.8. The van der Waals surface area contributed by atoms with Crippen molar-refractivity contribution >= 4 is 16.9 Å². The molecule has 0 bridgehead atoms. The van der Waals surface area contributed by atoms with Gasteiger partial charge in [0.15, 0.2) is 0 Å². The highest BCUT2D eigenvalue weighted by atomic mass is 19.4. The van der Waals surface area contributed by atoms with Crippen molar-refractivity contribution in [1.82, 2.24) is 14.9 Å². The summed E-state index contributed by atoms with van der Waals surface area (Å²) < 4.78 is 43.9. The lowest BCUT2D eigenvalue weighted by Gasteiger charge is -2.32. The zero-order chi connectivity index (χ0) is 20.6. The van der Waals surface area contributed by atoms with Gasteiger partial charge in [-0.1, -0.05) is 6.07 Å². The van der Waals surface area contributed by atoms with Gasteiger partial charge >= 0.3 is 6.18 Å². The number of carbonyl (C=O) groups excluding carboxylic acids is 1. The number of ether oxygens (including phenoxy) is 1. The van der Waals surface area contributed by atoms with Gasteiger partial charge in [-0.25, -0.2) is 4.98 Å². The number of alkyl halides is 3. The van der Waals surface area contributed by atoms with E-state index in [1.807, 2.05) is 0 Å². The molecule has 1 fully saturated rings. The molecule has 8 heteroatoms. The molecule has 5 nitrogen and oxygen atoms in total. The van der Waals surface area contributed by atoms with Crippen molar-refractivity contribution in [2.75, 3.05) is 20.2 Å². The molecule has 29 heavy (non-hydrogen) atoms. The number of likely N-dealkylation sites (tertiary alicyclic amines) is 1. The maximum atomic E-state index is 12.9. The van der Waals surface area contributed by atoms with Crippen molar-refractivity contribution < 1.29 is 22.7 Å². The lowest BCUT2D eigenvalue weighted by Crippen LogP contribution is -2.39. The molecule has 152 valence electrons. The first-order chi connectivity index (χ1) is 13.8. The van der Waals surface area contributed by atoms with E-state index >= 15 is 0 Å². The number of aromatic amines is 1. The minimum Gasteiger partial charge on any atom is -0.497 e. The van der Waals surface area contributed by atoms with Crippen LogP contribution in [0.5, 0.6) is 5.75 Å². The van der Waals surface area contributed by atoms with Crippen molar-refractivity contribution in [3.63, 3.8) is 0 Å². The van der Waals surface area contributed by atoms with E-state index in [-0.39, 0.29) is 17.3 Å². The summed E-state index contributed by atoms with van der Waals surface area (Å²) in [4.78, 5) is 21.6. The van der Waals surface area contributed by atoms with Crippen molar-refractivity contribution in [3.8, 4) is 5.75 Å². The largest absolute Gasteiger partial charge is 0.497 e. The van der Waals surface area contributed by atoms with Crippen LogP contribution in [0.2, 0.25) is 0 Å². The molecule has 1 aliphatic heterocycles. The van der Waals surface area contributed by atoms with Crippen LogP contribution in [0, 0.1) is 0 Å². The topological polar surface area (TPSA) is 58.2 Å². The van der Waals surface area contributed by atoms with E-state index in [2.05, 4.69) is 9.97 Å². The average Bonchev–Trinajstić information content (AvgIpc) is 3.16. The van der Waals surface area contributed by atoms with Crippen LogP contribution in [0.4, 0.5) is 13.2 Å². The maximum absolute atomic E-state index is 12.9. The predicted molar refractivity (Wildman–Crippen MR) is 102 cm³/mol. The molecule has 1 saturated heterocycles. The lowest BCUT2D eigenvalue weighted by molar-refractivity contribution is -0.140. The van der Waals surface area contributed by atoms with Gasteiger partial charge in [0.1, 0.15) is 11.4 Å². The van der Waals surface area contributed by atoms with E-state index in [0.29, 0.717) is 29.9 Å². The summed E-state index contributed by atoms with van der Waals surface area (Å²) in [6, 6.07) is 11.0. The summed E-state index contributed by atoms with van der Waals surface area (Å²) >= 11 is 0. The van der Waals surface area contributed by atoms with Crippen molar-refractivity contribution in [3.05, 3.63) is 59.4 Å². The Kier molecular flexibility index (Phi) is 4.94. The predicted octanol–water partition coefficient (Wildman–Crippen LogP) is 4.61. The highest BCUT2D eigenvalue weighted by Crippen LogP contribution is 2.32. The van der Waals surface area contributed by atoms with E-state index in [4.69, 9.17) is 4.74 Å². The zero-order valence-electron chi connectivity index (χ0n) is 15.8. The minimum atomic E-state index is -4.48. The molecule has 0 aliphatic carbocycles. The Hall–Kier alpha value is -3.03. The highest BCUT2D eigenvalue weighted by Gasteiger charge is 2.33. The van der Waals surface area contributed by atoms with Crippen molar-refractivity contribution in [1.29, 1.82) is 0 Å². The van der Waals surface area contributed by atoms with Gasteiger partial charge in [-0.05, 0) is 49.2 Å². The Morgan fingerprint density at radius 3 is 2.83 bits per heavy atom. The molecule has 1 N–H and O–H groups in total. The van der Waals surface area contributed by atoms with Gasteiger partial charge in [-0.2, -0.15) is 13.2 Å². The van der Waals surface area contributed by atoms with Crippen LogP contribution in [-0.2, 0) is 6.18 Å². The second-order valence-electron chi connectivity index (χ2n) is 7.17. The Morgan fingerprint density at radius 2 is 2.07 bits per heavy atom. The third-order valence-electron chi connectivity index (χ3n) is 5.25. The summed E-state index contributed by atoms with van der Waals surface area (Å²) in [7, 11) is 1.55. The Bertz CT molecular complexity index is 1050. The first-order valence-electron chi connectivity index (χ1n) is 9.35. The first-order valence-corrected chi connectivity index (χ1v) is 9.35. The summed E-state index contributed by atoms with van der Waals surface area (Å²) in [6.45, 7) is 1.14. The monoisotopic (exact) mass is 403 g/mol. The van der Waals surface area contributed by atoms with Gasteiger partial charge in [0, 0.05) is 30.3 Å². The number of H-pyrrole nitrogens is 1. The number of fused-ring (bicyclic) bond motifs is 1. The average molecular weight is 403 g/mol. The number of hydrogen-bond donors (Lipinski definition) is 1. The molecule has 1 aliphatic rings. The fourth-order valence-electron chi connectivity index (χ4n) is 3.76. The van der Waals surface area contributed by atoms with E-state index < -0.39 is 11.9 Å². The smallest absolute Gasteiger partial charge is 0.433 e. The molecule has 3 heterocycles. The second kappa shape index (κ2) is 7.42. The van der Waals surface area contributed by atoms with Crippen LogP contribution in [0.1, 0.15) is 40.5 Å². The van der Waals surface area contributed by atoms with Crippen LogP contribution < -0.4 is 4.74 Å². The molecule has 0 spiro atoms. The molecule has 0 unspecified atom stereocenters. The molecule has 0 saturated carbocycles. The quantitative estimate of drug-likeness (QED) is 0.695. The standard InChI is InChI=1S/C21H20F3N3O2/c1-29-15-6-2-4-13(10-15)20(28)27-9-3-5-14(12-27)17-11-18-16(25-17)7-8-19(26-18)21(22,23)24/h2,4,6-8,10-11,14,25H,3,5,9,12H2,1H3/t14-/m1/s1. The molecule has 4 rings (SSSR count). The van der Waals surface area contributed by atoms with Crippen LogP contribution in [0.3, 0.4) is 0 Å². The lowest BCUT2D eigenvalue weighted by atomic mass is 9.94. The number of pyridine rings is 1. The molecule has 1 amide bonds. The molecular formula is C21H20F3N3O2. The maximum Gasteiger partial charge on any atom is 0.433 e. The first kappa shape index (κ1) is 19.3. The van der Waals surface area contributed by atoms with Gasteiger partial charge in [-0.3, -0.25) is 4.79 Å². The van der Waals surface area contributed by atoms with Crippen molar-refractivity contribution in [2.45, 2.75) is 24.9 Å². The molecule has 1 atom stereocenters. The number of rotatable bonds is 3. The minimum absolute atomic E-state index is 0.0156. The number of nitrogens with one attached hydrogen (secondary N) is 1. The summed E-state index contributed by atoms with van der Waals surface area (Å²) in [5, 5.41) is 0. The van der Waals surface area contributed by atoms with Gasteiger partial charge < -0.3 is 14.6 Å². The molecule has 2 aromatic heterocycles. The highest BCUT2D eigenvalue weighted by molar-refractivity contribution is 5.94. The van der Waals surface area contributed by atoms with E-state index in [0.717, 1.165) is 24.6 Å². The van der Waals surface area contributed by atoms with Crippen LogP contribution in [0.15, 0.2) is 42.5 Å². The number of nitrogens with zero attached hydrogens (tertiary/aromatic N) is 2. The Morgan fingerprint density at radius 1 is 1.24 bits per heavy atom. The third-order valence-corrected chi connectivity index (χ3v) is 5.25. The van der Waals surface area contributed by atoms with Gasteiger partial charge in [0.25, 0.3) is 5.91 Å². The molecule has 0 radical (unpaired) electrons. The van der Waals surface area contributed by atoms with E-state index in [1.165, 1.54) is 6.07 Å². The van der Waals surface area contributed by atoms with E-state index in [1.54, 1.807) is 42.3 Å². The van der Waals surface area contributed by atoms with Gasteiger partial charge in [-0.15, -0.1) is 0 Å². The summed E-state index contributed by atoms with van der Waals surface area (Å²) in [5.41, 5.74) is 1.29. The number of amides is 1. The number of benzene rings is 1. The molecule has 1 aromatic carbocycles. The Labute approximate surface area is 165 Å². The van der Waals surface area contributed by atoms with Gasteiger partial charge in [0.05, 0.1) is 18.1 Å². The van der Waals surface area contributed by atoms with Gasteiger partial charge in [0.2, 0.25) is 0 Å². The van der Waals surface area contributed by atoms with E-state index in [9.17, 15) is 18.0 Å². The molecule has 3 aromatic rings. The number of hydrogen-bond acceptors (Lipinski definition) is 3. The SMILES string of the molecule is COc1cccc(C(=O)N2CCC[C@@H](c3cc4nc(C(F)(F)F)ccc4[nH]3)C2)c1. The summed E-state index contributed by atoms with van der Waals surface area (Å²) in [6.07, 6.45) is -2.81. The van der Waals surface area contributed by atoms with Crippen LogP contribution in [-0.4, -0.2) is 41.0 Å². The van der Waals surface area contributed by atoms with Crippen molar-refractivity contribution in [2.24, 2.45) is 0 Å². The number of aromatic nitrogens is 2. The Balaban J connectivity index is 1.55. The number of carbonyl (C=O) groups is 1. The fourth-order valence-corrected chi connectivity index (χ4v) is 3.76. The fraction of sp³-hybridized carbons (Fsp3) is 0.333. The second-order valence-corrected chi connectivity index (χ2v) is 7.17. The number of methoxy groups -OCH3 is 1. The number of piperidine rings is 1. The molecular weight excluding hydrogens is 383 g/mol. The summed E-state index contributed by atoms with van der Waals surface area (Å²) in [5.74, 6) is 0.551. The third kappa shape index (κ3) is 3.92.